The molecular formula is C18H17N3O2S. The molecule has 5 nitrogen and oxygen atoms in total. The maximum atomic E-state index is 12.7. The summed E-state index contributed by atoms with van der Waals surface area (Å²) in [7, 11) is 0. The van der Waals surface area contributed by atoms with Crippen molar-refractivity contribution in [3.05, 3.63) is 68.6 Å². The fourth-order valence-corrected chi connectivity index (χ4v) is 4.15. The Hall–Kier alpha value is -2.47. The van der Waals surface area contributed by atoms with Gasteiger partial charge in [0.15, 0.2) is 4.96 Å². The van der Waals surface area contributed by atoms with Crippen molar-refractivity contribution < 1.29 is 4.79 Å². The fourth-order valence-electron chi connectivity index (χ4n) is 3.32. The van der Waals surface area contributed by atoms with Crippen molar-refractivity contribution in [2.45, 2.75) is 32.2 Å². The van der Waals surface area contributed by atoms with E-state index in [1.807, 2.05) is 24.4 Å². The topological polar surface area (TPSA) is 63.5 Å². The second-order valence-corrected chi connectivity index (χ2v) is 6.93. The molecule has 122 valence electrons. The third kappa shape index (κ3) is 2.43. The Morgan fingerprint density at radius 1 is 1.38 bits per heavy atom. The summed E-state index contributed by atoms with van der Waals surface area (Å²) < 4.78 is 1.49. The van der Waals surface area contributed by atoms with Gasteiger partial charge in [0.05, 0.1) is 6.04 Å². The molecule has 0 aliphatic heterocycles. The predicted molar refractivity (Wildman–Crippen MR) is 93.7 cm³/mol. The van der Waals surface area contributed by atoms with Crippen LogP contribution in [0.5, 0.6) is 0 Å². The smallest absolute Gasteiger partial charge is 0.271 e. The Morgan fingerprint density at radius 3 is 3.08 bits per heavy atom. The summed E-state index contributed by atoms with van der Waals surface area (Å²) in [5.74, 6) is -0.353. The van der Waals surface area contributed by atoms with Crippen LogP contribution in [-0.4, -0.2) is 15.3 Å². The number of amides is 1. The molecule has 1 amide bonds. The van der Waals surface area contributed by atoms with Crippen LogP contribution in [-0.2, 0) is 6.42 Å². The van der Waals surface area contributed by atoms with Gasteiger partial charge in [-0.05, 0) is 37.3 Å². The molecule has 1 N–H and O–H groups in total. The second kappa shape index (κ2) is 5.87. The Kier molecular flexibility index (Phi) is 3.69. The van der Waals surface area contributed by atoms with Crippen LogP contribution in [0.3, 0.4) is 0 Å². The van der Waals surface area contributed by atoms with Gasteiger partial charge in [-0.2, -0.15) is 0 Å². The number of hydrogen-bond acceptors (Lipinski definition) is 4. The van der Waals surface area contributed by atoms with Gasteiger partial charge < -0.3 is 5.32 Å². The van der Waals surface area contributed by atoms with Crippen LogP contribution in [0.25, 0.3) is 4.96 Å². The lowest BCUT2D eigenvalue weighted by atomic mass is 9.87. The summed E-state index contributed by atoms with van der Waals surface area (Å²) in [6.45, 7) is 1.84. The van der Waals surface area contributed by atoms with Crippen molar-refractivity contribution in [2.24, 2.45) is 0 Å². The summed E-state index contributed by atoms with van der Waals surface area (Å²) in [5.41, 5.74) is 3.01. The van der Waals surface area contributed by atoms with Gasteiger partial charge >= 0.3 is 0 Å². The number of aryl methyl sites for hydroxylation is 2. The summed E-state index contributed by atoms with van der Waals surface area (Å²) in [4.78, 5) is 30.1. The number of hydrogen-bond donors (Lipinski definition) is 1. The van der Waals surface area contributed by atoms with Gasteiger partial charge in [-0.15, -0.1) is 11.3 Å². The molecule has 1 aromatic carbocycles. The highest BCUT2D eigenvalue weighted by Gasteiger charge is 2.23. The summed E-state index contributed by atoms with van der Waals surface area (Å²) in [6, 6.07) is 8.11. The third-order valence-electron chi connectivity index (χ3n) is 4.54. The Labute approximate surface area is 143 Å². The van der Waals surface area contributed by atoms with Gasteiger partial charge in [-0.1, -0.05) is 24.3 Å². The minimum absolute atomic E-state index is 0.0499. The van der Waals surface area contributed by atoms with Crippen molar-refractivity contribution in [3.8, 4) is 0 Å². The highest BCUT2D eigenvalue weighted by atomic mass is 32.1. The van der Waals surface area contributed by atoms with Crippen LogP contribution >= 0.6 is 11.3 Å². The van der Waals surface area contributed by atoms with Gasteiger partial charge in [0.2, 0.25) is 0 Å². The van der Waals surface area contributed by atoms with E-state index in [-0.39, 0.29) is 23.1 Å². The van der Waals surface area contributed by atoms with E-state index in [4.69, 9.17) is 0 Å². The quantitative estimate of drug-likeness (QED) is 0.781. The van der Waals surface area contributed by atoms with Crippen molar-refractivity contribution in [2.75, 3.05) is 0 Å². The first-order valence-electron chi connectivity index (χ1n) is 7.99. The third-order valence-corrected chi connectivity index (χ3v) is 5.49. The summed E-state index contributed by atoms with van der Waals surface area (Å²) >= 11 is 1.40. The molecule has 4 rings (SSSR count). The Balaban J connectivity index is 1.67. The number of nitrogens with zero attached hydrogens (tertiary/aromatic N) is 2. The zero-order valence-corrected chi connectivity index (χ0v) is 14.1. The normalized spacial score (nSPS) is 16.8. The SMILES string of the molecule is Cc1csc2ncc(C(=O)NC3CCCc4ccccc43)c(=O)n12. The first-order valence-corrected chi connectivity index (χ1v) is 8.87. The fraction of sp³-hybridized carbons (Fsp3) is 0.278. The molecule has 2 aromatic heterocycles. The van der Waals surface area contributed by atoms with E-state index in [2.05, 4.69) is 22.4 Å². The van der Waals surface area contributed by atoms with E-state index in [0.29, 0.717) is 4.96 Å². The van der Waals surface area contributed by atoms with Crippen LogP contribution in [0.4, 0.5) is 0 Å². The van der Waals surface area contributed by atoms with Crippen LogP contribution in [0, 0.1) is 6.92 Å². The molecule has 1 aliphatic rings. The molecule has 3 aromatic rings. The molecule has 0 spiro atoms. The maximum Gasteiger partial charge on any atom is 0.271 e. The van der Waals surface area contributed by atoms with E-state index < -0.39 is 0 Å². The van der Waals surface area contributed by atoms with E-state index in [1.54, 1.807) is 0 Å². The highest BCUT2D eigenvalue weighted by Crippen LogP contribution is 2.29. The first-order chi connectivity index (χ1) is 11.6. The minimum atomic E-state index is -0.353. The molecule has 2 heterocycles. The second-order valence-electron chi connectivity index (χ2n) is 6.09. The number of fused-ring (bicyclic) bond motifs is 2. The van der Waals surface area contributed by atoms with Gasteiger partial charge in [0.1, 0.15) is 5.56 Å². The van der Waals surface area contributed by atoms with Crippen molar-refractivity contribution in [1.82, 2.24) is 14.7 Å². The van der Waals surface area contributed by atoms with E-state index in [0.717, 1.165) is 30.5 Å². The average Bonchev–Trinajstić information content (AvgIpc) is 2.97. The molecular weight excluding hydrogens is 322 g/mol. The van der Waals surface area contributed by atoms with Gasteiger partial charge in [0.25, 0.3) is 11.5 Å². The monoisotopic (exact) mass is 339 g/mol. The van der Waals surface area contributed by atoms with E-state index in [9.17, 15) is 9.59 Å². The molecule has 0 bridgehead atoms. The van der Waals surface area contributed by atoms with Crippen LogP contribution in [0.1, 0.15) is 46.1 Å². The number of rotatable bonds is 2. The van der Waals surface area contributed by atoms with Gasteiger partial charge in [-0.3, -0.25) is 14.0 Å². The molecule has 1 aliphatic carbocycles. The molecule has 0 saturated carbocycles. The van der Waals surface area contributed by atoms with Crippen molar-refractivity contribution in [3.63, 3.8) is 0 Å². The maximum absolute atomic E-state index is 12.7. The molecule has 0 fully saturated rings. The number of carbonyl (C=O) groups is 1. The molecule has 6 heteroatoms. The lowest BCUT2D eigenvalue weighted by Crippen LogP contribution is -2.35. The summed E-state index contributed by atoms with van der Waals surface area (Å²) in [5, 5.41) is 4.88. The number of benzene rings is 1. The zero-order chi connectivity index (χ0) is 16.7. The number of aromatic nitrogens is 2. The zero-order valence-electron chi connectivity index (χ0n) is 13.3. The molecule has 1 atom stereocenters. The Bertz CT molecular complexity index is 989. The highest BCUT2D eigenvalue weighted by molar-refractivity contribution is 7.15. The average molecular weight is 339 g/mol. The van der Waals surface area contributed by atoms with Crippen molar-refractivity contribution in [1.29, 1.82) is 0 Å². The molecule has 24 heavy (non-hydrogen) atoms. The number of nitrogens with one attached hydrogen (secondary N) is 1. The van der Waals surface area contributed by atoms with Gasteiger partial charge in [0, 0.05) is 17.3 Å². The Morgan fingerprint density at radius 2 is 2.21 bits per heavy atom. The van der Waals surface area contributed by atoms with Crippen LogP contribution in [0.15, 0.2) is 40.6 Å². The number of carbonyl (C=O) groups excluding carboxylic acids is 1. The molecule has 0 radical (unpaired) electrons. The first kappa shape index (κ1) is 15.1. The minimum Gasteiger partial charge on any atom is -0.345 e. The summed E-state index contributed by atoms with van der Waals surface area (Å²) in [6.07, 6.45) is 4.34. The molecule has 0 saturated heterocycles. The molecule has 1 unspecified atom stereocenters. The standard InChI is InChI=1S/C18H17N3O2S/c1-11-10-24-18-19-9-14(17(23)21(11)18)16(22)20-15-8-4-6-12-5-2-3-7-13(12)15/h2-3,5,7,9-10,15H,4,6,8H2,1H3,(H,20,22). The predicted octanol–water partition coefficient (Wildman–Crippen LogP) is 2.87. The van der Waals surface area contributed by atoms with Crippen LogP contribution in [0.2, 0.25) is 0 Å². The number of thiazole rings is 1. The lowest BCUT2D eigenvalue weighted by Gasteiger charge is -2.26. The van der Waals surface area contributed by atoms with E-state index >= 15 is 0 Å². The lowest BCUT2D eigenvalue weighted by molar-refractivity contribution is 0.0930. The van der Waals surface area contributed by atoms with E-state index in [1.165, 1.54) is 27.5 Å². The van der Waals surface area contributed by atoms with Crippen LogP contribution < -0.4 is 10.9 Å². The largest absolute Gasteiger partial charge is 0.345 e. The van der Waals surface area contributed by atoms with Gasteiger partial charge in [-0.25, -0.2) is 4.98 Å². The van der Waals surface area contributed by atoms with Crippen molar-refractivity contribution >= 4 is 22.2 Å².